The van der Waals surface area contributed by atoms with Crippen LogP contribution in [0.25, 0.3) is 0 Å². The largest absolute Gasteiger partial charge is 0.379 e. The third kappa shape index (κ3) is 7.03. The van der Waals surface area contributed by atoms with Crippen LogP contribution in [-0.2, 0) is 4.74 Å². The van der Waals surface area contributed by atoms with Crippen molar-refractivity contribution in [2.45, 2.75) is 25.9 Å². The van der Waals surface area contributed by atoms with E-state index in [1.165, 1.54) is 4.43 Å². The standard InChI is InChI=1S/C8H18INO/c1-8(2,11-3)4-6-10-7-5-9/h10H,4-7H2,1-3H3. The lowest BCUT2D eigenvalue weighted by molar-refractivity contribution is 0.0160. The van der Waals surface area contributed by atoms with E-state index >= 15 is 0 Å². The quantitative estimate of drug-likeness (QED) is 0.452. The zero-order chi connectivity index (χ0) is 8.74. The van der Waals surface area contributed by atoms with Crippen molar-refractivity contribution in [3.8, 4) is 0 Å². The van der Waals surface area contributed by atoms with Crippen molar-refractivity contribution in [2.75, 3.05) is 24.6 Å². The number of hydrogen-bond donors (Lipinski definition) is 1. The second-order valence-corrected chi connectivity index (χ2v) is 4.23. The summed E-state index contributed by atoms with van der Waals surface area (Å²) in [5.74, 6) is 0. The summed E-state index contributed by atoms with van der Waals surface area (Å²) in [4.78, 5) is 0. The van der Waals surface area contributed by atoms with Crippen molar-refractivity contribution in [1.29, 1.82) is 0 Å². The average Bonchev–Trinajstić information content (AvgIpc) is 1.99. The molecule has 3 heteroatoms. The van der Waals surface area contributed by atoms with Gasteiger partial charge in [-0.3, -0.25) is 0 Å². The van der Waals surface area contributed by atoms with E-state index in [1.54, 1.807) is 7.11 Å². The van der Waals surface area contributed by atoms with E-state index in [0.717, 1.165) is 19.5 Å². The number of ether oxygens (including phenoxy) is 1. The fourth-order valence-electron chi connectivity index (χ4n) is 0.683. The summed E-state index contributed by atoms with van der Waals surface area (Å²) < 4.78 is 6.45. The van der Waals surface area contributed by atoms with E-state index in [-0.39, 0.29) is 5.60 Å². The van der Waals surface area contributed by atoms with E-state index in [9.17, 15) is 0 Å². The molecule has 1 N–H and O–H groups in total. The van der Waals surface area contributed by atoms with E-state index in [4.69, 9.17) is 4.74 Å². The van der Waals surface area contributed by atoms with Crippen LogP contribution in [0, 0.1) is 0 Å². The van der Waals surface area contributed by atoms with Crippen molar-refractivity contribution in [3.63, 3.8) is 0 Å². The zero-order valence-corrected chi connectivity index (χ0v) is 9.77. The Kier molecular flexibility index (Phi) is 6.56. The summed E-state index contributed by atoms with van der Waals surface area (Å²) in [5.41, 5.74) is 0.0261. The van der Waals surface area contributed by atoms with E-state index in [2.05, 4.69) is 41.8 Å². The van der Waals surface area contributed by atoms with Crippen molar-refractivity contribution < 1.29 is 4.74 Å². The highest BCUT2D eigenvalue weighted by Crippen LogP contribution is 2.10. The Hall–Kier alpha value is 0.650. The molecule has 0 amide bonds. The number of alkyl halides is 1. The first-order valence-electron chi connectivity index (χ1n) is 3.94. The molecule has 0 bridgehead atoms. The van der Waals surface area contributed by atoms with Crippen molar-refractivity contribution in [1.82, 2.24) is 5.32 Å². The van der Waals surface area contributed by atoms with Gasteiger partial charge in [0, 0.05) is 18.1 Å². The van der Waals surface area contributed by atoms with Gasteiger partial charge in [-0.1, -0.05) is 22.6 Å². The van der Waals surface area contributed by atoms with Gasteiger partial charge >= 0.3 is 0 Å². The van der Waals surface area contributed by atoms with Crippen LogP contribution in [0.3, 0.4) is 0 Å². The molecular formula is C8H18INO. The first-order valence-corrected chi connectivity index (χ1v) is 5.47. The lowest BCUT2D eigenvalue weighted by Crippen LogP contribution is -2.29. The highest BCUT2D eigenvalue weighted by molar-refractivity contribution is 14.1. The first-order chi connectivity index (χ1) is 5.12. The molecular weight excluding hydrogens is 253 g/mol. The third-order valence-electron chi connectivity index (χ3n) is 1.73. The molecule has 0 saturated carbocycles. The summed E-state index contributed by atoms with van der Waals surface area (Å²) in [5, 5.41) is 3.34. The smallest absolute Gasteiger partial charge is 0.0634 e. The molecule has 0 unspecified atom stereocenters. The van der Waals surface area contributed by atoms with E-state index < -0.39 is 0 Å². The number of rotatable bonds is 6. The molecule has 0 aliphatic carbocycles. The molecule has 11 heavy (non-hydrogen) atoms. The van der Waals surface area contributed by atoms with Gasteiger partial charge in [0.05, 0.1) is 5.60 Å². The van der Waals surface area contributed by atoms with Crippen LogP contribution in [0.1, 0.15) is 20.3 Å². The normalized spacial score (nSPS) is 12.0. The van der Waals surface area contributed by atoms with Crippen LogP contribution >= 0.6 is 22.6 Å². The Balaban J connectivity index is 3.23. The van der Waals surface area contributed by atoms with Crippen molar-refractivity contribution in [2.24, 2.45) is 0 Å². The summed E-state index contributed by atoms with van der Waals surface area (Å²) in [6.07, 6.45) is 1.07. The molecule has 0 heterocycles. The molecule has 0 aromatic heterocycles. The van der Waals surface area contributed by atoms with Crippen molar-refractivity contribution in [3.05, 3.63) is 0 Å². The van der Waals surface area contributed by atoms with Crippen LogP contribution in [0.2, 0.25) is 0 Å². The van der Waals surface area contributed by atoms with Gasteiger partial charge in [0.1, 0.15) is 0 Å². The monoisotopic (exact) mass is 271 g/mol. The average molecular weight is 271 g/mol. The minimum Gasteiger partial charge on any atom is -0.379 e. The topological polar surface area (TPSA) is 21.3 Å². The van der Waals surface area contributed by atoms with Crippen LogP contribution in [0.5, 0.6) is 0 Å². The van der Waals surface area contributed by atoms with Gasteiger partial charge in [0.25, 0.3) is 0 Å². The van der Waals surface area contributed by atoms with E-state index in [1.807, 2.05) is 0 Å². The Bertz CT molecular complexity index is 96.1. The Morgan fingerprint density at radius 2 is 2.00 bits per heavy atom. The molecule has 0 saturated heterocycles. The number of hydrogen-bond acceptors (Lipinski definition) is 2. The summed E-state index contributed by atoms with van der Waals surface area (Å²) >= 11 is 2.36. The maximum Gasteiger partial charge on any atom is 0.0634 e. The van der Waals surface area contributed by atoms with Crippen LogP contribution in [0.4, 0.5) is 0 Å². The molecule has 0 radical (unpaired) electrons. The van der Waals surface area contributed by atoms with Gasteiger partial charge in [-0.15, -0.1) is 0 Å². The minimum absolute atomic E-state index is 0.0261. The Labute approximate surface area is 83.2 Å². The molecule has 0 aromatic carbocycles. The predicted octanol–water partition coefficient (Wildman–Crippen LogP) is 1.83. The van der Waals surface area contributed by atoms with Crippen molar-refractivity contribution >= 4 is 22.6 Å². The Morgan fingerprint density at radius 3 is 2.45 bits per heavy atom. The van der Waals surface area contributed by atoms with Crippen LogP contribution in [-0.4, -0.2) is 30.2 Å². The van der Waals surface area contributed by atoms with Crippen LogP contribution in [0.15, 0.2) is 0 Å². The number of nitrogens with one attached hydrogen (secondary N) is 1. The molecule has 0 aromatic rings. The molecule has 0 fully saturated rings. The first kappa shape index (κ1) is 11.6. The molecule has 0 atom stereocenters. The molecule has 0 aliphatic heterocycles. The maximum atomic E-state index is 5.28. The molecule has 2 nitrogen and oxygen atoms in total. The van der Waals surface area contributed by atoms with Gasteiger partial charge < -0.3 is 10.1 Å². The second-order valence-electron chi connectivity index (χ2n) is 3.15. The highest BCUT2D eigenvalue weighted by atomic mass is 127. The third-order valence-corrected chi connectivity index (χ3v) is 2.27. The number of halogens is 1. The molecule has 0 aliphatic rings. The summed E-state index contributed by atoms with van der Waals surface area (Å²) in [6.45, 7) is 6.36. The summed E-state index contributed by atoms with van der Waals surface area (Å²) in [6, 6.07) is 0. The van der Waals surface area contributed by atoms with E-state index in [0.29, 0.717) is 0 Å². The lowest BCUT2D eigenvalue weighted by atomic mass is 10.1. The van der Waals surface area contributed by atoms with Gasteiger partial charge in [-0.2, -0.15) is 0 Å². The minimum atomic E-state index is 0.0261. The SMILES string of the molecule is COC(C)(C)CCNCCI. The molecule has 0 rings (SSSR count). The fourth-order valence-corrected chi connectivity index (χ4v) is 1.06. The summed E-state index contributed by atoms with van der Waals surface area (Å²) in [7, 11) is 1.76. The second kappa shape index (κ2) is 6.20. The maximum absolute atomic E-state index is 5.28. The van der Waals surface area contributed by atoms with Crippen LogP contribution < -0.4 is 5.32 Å². The lowest BCUT2D eigenvalue weighted by Gasteiger charge is -2.22. The Morgan fingerprint density at radius 1 is 1.36 bits per heavy atom. The van der Waals surface area contributed by atoms with Gasteiger partial charge in [-0.05, 0) is 26.8 Å². The van der Waals surface area contributed by atoms with Gasteiger partial charge in [0.15, 0.2) is 0 Å². The predicted molar refractivity (Wildman–Crippen MR) is 57.5 cm³/mol. The zero-order valence-electron chi connectivity index (χ0n) is 7.61. The molecule has 68 valence electrons. The van der Waals surface area contributed by atoms with Gasteiger partial charge in [-0.25, -0.2) is 0 Å². The molecule has 0 spiro atoms. The van der Waals surface area contributed by atoms with Gasteiger partial charge in [0.2, 0.25) is 0 Å². The number of methoxy groups -OCH3 is 1. The highest BCUT2D eigenvalue weighted by Gasteiger charge is 2.14. The fraction of sp³-hybridized carbons (Fsp3) is 1.00.